The van der Waals surface area contributed by atoms with Crippen molar-refractivity contribution in [2.24, 2.45) is 0 Å². The van der Waals surface area contributed by atoms with E-state index in [1.165, 1.54) is 11.1 Å². The summed E-state index contributed by atoms with van der Waals surface area (Å²) < 4.78 is 12.1. The number of aliphatic hydroxyl groups excluding tert-OH is 1. The van der Waals surface area contributed by atoms with E-state index in [0.29, 0.717) is 32.9 Å². The third-order valence-electron chi connectivity index (χ3n) is 6.17. The predicted octanol–water partition coefficient (Wildman–Crippen LogP) is 5.85. The average molecular weight is 482 g/mol. The van der Waals surface area contributed by atoms with Crippen molar-refractivity contribution in [3.05, 3.63) is 144 Å². The van der Waals surface area contributed by atoms with Crippen LogP contribution in [0.3, 0.4) is 0 Å². The van der Waals surface area contributed by atoms with Crippen molar-refractivity contribution >= 4 is 0 Å². The minimum atomic E-state index is -0.711. The Labute approximate surface area is 214 Å². The van der Waals surface area contributed by atoms with Gasteiger partial charge in [0.25, 0.3) is 0 Å². The first kappa shape index (κ1) is 25.8. The Bertz CT molecular complexity index is 1070. The van der Waals surface area contributed by atoms with Crippen LogP contribution in [-0.4, -0.2) is 35.4 Å². The summed E-state index contributed by atoms with van der Waals surface area (Å²) in [6, 6.07) is 40.7. The van der Waals surface area contributed by atoms with Crippen LogP contribution in [0, 0.1) is 0 Å². The smallest absolute Gasteiger partial charge is 0.0951 e. The van der Waals surface area contributed by atoms with Crippen LogP contribution in [0.2, 0.25) is 0 Å². The first-order valence-corrected chi connectivity index (χ1v) is 12.5. The standard InChI is InChI=1S/C32H35NO3/c34-32(26-36-24-30-19-11-4-12-20-30)31(25-35-23-29-17-9-3-10-18-29)33(21-27-13-5-1-6-14-27)22-28-15-7-2-8-16-28/h1-20,31-32,34H,21-26H2/t31-,32+/m1/s1. The van der Waals surface area contributed by atoms with Gasteiger partial charge in [-0.2, -0.15) is 0 Å². The molecule has 0 saturated heterocycles. The lowest BCUT2D eigenvalue weighted by molar-refractivity contribution is -0.0594. The fourth-order valence-corrected chi connectivity index (χ4v) is 4.24. The molecule has 0 amide bonds. The molecule has 0 aromatic heterocycles. The molecule has 0 unspecified atom stereocenters. The SMILES string of the molecule is O[C@@H](COCc1ccccc1)[C@@H](COCc1ccccc1)N(Cc1ccccc1)Cc1ccccc1. The van der Waals surface area contributed by atoms with E-state index >= 15 is 0 Å². The van der Waals surface area contributed by atoms with Crippen LogP contribution < -0.4 is 0 Å². The minimum absolute atomic E-state index is 0.230. The fourth-order valence-electron chi connectivity index (χ4n) is 4.24. The van der Waals surface area contributed by atoms with Gasteiger partial charge in [-0.05, 0) is 22.3 Å². The summed E-state index contributed by atoms with van der Waals surface area (Å²) in [7, 11) is 0. The highest BCUT2D eigenvalue weighted by atomic mass is 16.5. The molecule has 0 aliphatic carbocycles. The second-order valence-corrected chi connectivity index (χ2v) is 9.01. The quantitative estimate of drug-likeness (QED) is 0.245. The third kappa shape index (κ3) is 8.43. The Morgan fingerprint density at radius 1 is 0.500 bits per heavy atom. The minimum Gasteiger partial charge on any atom is -0.389 e. The molecule has 4 heteroatoms. The molecule has 186 valence electrons. The molecule has 4 rings (SSSR count). The second-order valence-electron chi connectivity index (χ2n) is 9.01. The molecule has 0 radical (unpaired) electrons. The second kappa shape index (κ2) is 14.3. The zero-order valence-corrected chi connectivity index (χ0v) is 20.7. The zero-order valence-electron chi connectivity index (χ0n) is 20.7. The van der Waals surface area contributed by atoms with E-state index in [2.05, 4.69) is 65.6 Å². The molecular weight excluding hydrogens is 446 g/mol. The molecule has 0 fully saturated rings. The van der Waals surface area contributed by atoms with E-state index < -0.39 is 6.10 Å². The molecule has 0 heterocycles. The van der Waals surface area contributed by atoms with Gasteiger partial charge in [0, 0.05) is 13.1 Å². The van der Waals surface area contributed by atoms with E-state index in [4.69, 9.17) is 9.47 Å². The third-order valence-corrected chi connectivity index (χ3v) is 6.17. The average Bonchev–Trinajstić information content (AvgIpc) is 2.93. The highest BCUT2D eigenvalue weighted by Gasteiger charge is 2.27. The van der Waals surface area contributed by atoms with Gasteiger partial charge in [0.2, 0.25) is 0 Å². The van der Waals surface area contributed by atoms with Gasteiger partial charge < -0.3 is 14.6 Å². The lowest BCUT2D eigenvalue weighted by Gasteiger charge is -2.35. The van der Waals surface area contributed by atoms with Crippen molar-refractivity contribution in [3.8, 4) is 0 Å². The van der Waals surface area contributed by atoms with Crippen molar-refractivity contribution in [2.45, 2.75) is 38.4 Å². The summed E-state index contributed by atoms with van der Waals surface area (Å²) in [6.45, 7) is 2.99. The Balaban J connectivity index is 1.49. The van der Waals surface area contributed by atoms with Crippen molar-refractivity contribution in [1.82, 2.24) is 4.90 Å². The van der Waals surface area contributed by atoms with Gasteiger partial charge in [0.15, 0.2) is 0 Å². The van der Waals surface area contributed by atoms with Crippen molar-refractivity contribution in [1.29, 1.82) is 0 Å². The molecule has 4 aromatic carbocycles. The van der Waals surface area contributed by atoms with Gasteiger partial charge in [0.05, 0.1) is 38.6 Å². The van der Waals surface area contributed by atoms with Crippen molar-refractivity contribution in [2.75, 3.05) is 13.2 Å². The van der Waals surface area contributed by atoms with Crippen LogP contribution in [0.1, 0.15) is 22.3 Å². The summed E-state index contributed by atoms with van der Waals surface area (Å²) in [5, 5.41) is 11.4. The number of nitrogens with zero attached hydrogens (tertiary/aromatic N) is 1. The summed E-state index contributed by atoms with van der Waals surface area (Å²) in [6.07, 6.45) is -0.711. The lowest BCUT2D eigenvalue weighted by Crippen LogP contribution is -2.47. The van der Waals surface area contributed by atoms with Crippen LogP contribution in [0.4, 0.5) is 0 Å². The summed E-state index contributed by atoms with van der Waals surface area (Å²) in [5.74, 6) is 0. The highest BCUT2D eigenvalue weighted by Crippen LogP contribution is 2.18. The molecular formula is C32H35NO3. The topological polar surface area (TPSA) is 41.9 Å². The Hall–Kier alpha value is -3.28. The van der Waals surface area contributed by atoms with E-state index in [0.717, 1.165) is 11.1 Å². The number of aliphatic hydroxyl groups is 1. The molecule has 0 aliphatic rings. The van der Waals surface area contributed by atoms with Crippen LogP contribution >= 0.6 is 0 Å². The van der Waals surface area contributed by atoms with E-state index in [1.54, 1.807) is 0 Å². The summed E-state index contributed by atoms with van der Waals surface area (Å²) >= 11 is 0. The van der Waals surface area contributed by atoms with Gasteiger partial charge >= 0.3 is 0 Å². The van der Waals surface area contributed by atoms with Gasteiger partial charge in [-0.1, -0.05) is 121 Å². The van der Waals surface area contributed by atoms with Crippen molar-refractivity contribution in [3.63, 3.8) is 0 Å². The number of benzene rings is 4. The molecule has 0 spiro atoms. The van der Waals surface area contributed by atoms with Crippen LogP contribution in [0.25, 0.3) is 0 Å². The fraction of sp³-hybridized carbons (Fsp3) is 0.250. The van der Waals surface area contributed by atoms with Gasteiger partial charge in [-0.15, -0.1) is 0 Å². The number of rotatable bonds is 14. The molecule has 4 nitrogen and oxygen atoms in total. The summed E-state index contributed by atoms with van der Waals surface area (Å²) in [5.41, 5.74) is 4.59. The Kier molecular flexibility index (Phi) is 10.3. The van der Waals surface area contributed by atoms with E-state index in [9.17, 15) is 5.11 Å². The monoisotopic (exact) mass is 481 g/mol. The highest BCUT2D eigenvalue weighted by molar-refractivity contribution is 5.18. The maximum absolute atomic E-state index is 11.4. The largest absolute Gasteiger partial charge is 0.389 e. The molecule has 2 atom stereocenters. The van der Waals surface area contributed by atoms with Crippen LogP contribution in [0.5, 0.6) is 0 Å². The zero-order chi connectivity index (χ0) is 24.8. The van der Waals surface area contributed by atoms with Crippen LogP contribution in [-0.2, 0) is 35.8 Å². The molecule has 4 aromatic rings. The molecule has 0 bridgehead atoms. The van der Waals surface area contributed by atoms with E-state index in [1.807, 2.05) is 60.7 Å². The van der Waals surface area contributed by atoms with Gasteiger partial charge in [-0.25, -0.2) is 0 Å². The Morgan fingerprint density at radius 3 is 1.28 bits per heavy atom. The van der Waals surface area contributed by atoms with Crippen LogP contribution in [0.15, 0.2) is 121 Å². The molecule has 36 heavy (non-hydrogen) atoms. The maximum atomic E-state index is 11.4. The lowest BCUT2D eigenvalue weighted by atomic mass is 10.1. The first-order valence-electron chi connectivity index (χ1n) is 12.5. The predicted molar refractivity (Wildman–Crippen MR) is 144 cm³/mol. The molecule has 0 aliphatic heterocycles. The number of hydrogen-bond acceptors (Lipinski definition) is 4. The van der Waals surface area contributed by atoms with E-state index in [-0.39, 0.29) is 12.6 Å². The normalized spacial score (nSPS) is 12.9. The van der Waals surface area contributed by atoms with Gasteiger partial charge in [0.1, 0.15) is 0 Å². The molecule has 0 saturated carbocycles. The Morgan fingerprint density at radius 2 is 0.861 bits per heavy atom. The van der Waals surface area contributed by atoms with Gasteiger partial charge in [-0.3, -0.25) is 4.90 Å². The molecule has 1 N–H and O–H groups in total. The number of hydrogen-bond donors (Lipinski definition) is 1. The maximum Gasteiger partial charge on any atom is 0.0951 e. The number of ether oxygens (including phenoxy) is 2. The summed E-state index contributed by atoms with van der Waals surface area (Å²) in [4.78, 5) is 2.30. The first-order chi connectivity index (χ1) is 17.8. The van der Waals surface area contributed by atoms with Crippen molar-refractivity contribution < 1.29 is 14.6 Å².